The molecule has 2 heterocycles. The number of nitrogens with zero attached hydrogens (tertiary/aromatic N) is 3. The number of guanidine groups is 1. The summed E-state index contributed by atoms with van der Waals surface area (Å²) in [7, 11) is 0. The second-order valence-corrected chi connectivity index (χ2v) is 4.19. The van der Waals surface area contributed by atoms with Gasteiger partial charge in [0.1, 0.15) is 0 Å². The first-order valence-corrected chi connectivity index (χ1v) is 5.81. The summed E-state index contributed by atoms with van der Waals surface area (Å²) in [4.78, 5) is 6.47. The van der Waals surface area contributed by atoms with Crippen LogP contribution in [0.1, 0.15) is 17.0 Å². The number of hydrogen-bond acceptors (Lipinski definition) is 3. The lowest BCUT2D eigenvalue weighted by Crippen LogP contribution is -2.44. The lowest BCUT2D eigenvalue weighted by atomic mass is 10.2. The Bertz CT molecular complexity index is 392. The number of ether oxygens (including phenoxy) is 1. The highest BCUT2D eigenvalue weighted by Gasteiger charge is 2.12. The van der Waals surface area contributed by atoms with Gasteiger partial charge in [0.05, 0.1) is 25.5 Å². The van der Waals surface area contributed by atoms with Crippen LogP contribution in [-0.2, 0) is 11.3 Å². The van der Waals surface area contributed by atoms with Gasteiger partial charge < -0.3 is 15.4 Å². The minimum Gasteiger partial charge on any atom is -0.378 e. The van der Waals surface area contributed by atoms with E-state index in [0.717, 1.165) is 43.3 Å². The Hall–Kier alpha value is -0.830. The van der Waals surface area contributed by atoms with Crippen LogP contribution in [0.2, 0.25) is 0 Å². The van der Waals surface area contributed by atoms with E-state index < -0.39 is 0 Å². The van der Waals surface area contributed by atoms with Gasteiger partial charge in [-0.25, -0.2) is 4.99 Å². The van der Waals surface area contributed by atoms with Gasteiger partial charge in [-0.15, -0.1) is 24.0 Å². The third kappa shape index (κ3) is 3.58. The summed E-state index contributed by atoms with van der Waals surface area (Å²) in [5.74, 6) is 0.591. The van der Waals surface area contributed by atoms with E-state index in [9.17, 15) is 0 Å². The number of nitrogens with one attached hydrogen (secondary N) is 1. The summed E-state index contributed by atoms with van der Waals surface area (Å²) >= 11 is 0. The number of aliphatic imine (C=N–C) groups is 1. The molecule has 2 rings (SSSR count). The highest BCUT2D eigenvalue weighted by Crippen LogP contribution is 2.10. The third-order valence-corrected chi connectivity index (χ3v) is 3.01. The Labute approximate surface area is 124 Å². The van der Waals surface area contributed by atoms with E-state index in [-0.39, 0.29) is 24.0 Å². The highest BCUT2D eigenvalue weighted by atomic mass is 127. The Kier molecular flexibility index (Phi) is 5.86. The predicted molar refractivity (Wildman–Crippen MR) is 81.2 cm³/mol. The van der Waals surface area contributed by atoms with E-state index in [1.165, 1.54) is 0 Å². The first-order valence-electron chi connectivity index (χ1n) is 5.81. The molecule has 1 fully saturated rings. The van der Waals surface area contributed by atoms with Gasteiger partial charge in [0.15, 0.2) is 5.96 Å². The fraction of sp³-hybridized carbons (Fsp3) is 0.636. The van der Waals surface area contributed by atoms with Crippen molar-refractivity contribution >= 4 is 29.9 Å². The maximum absolute atomic E-state index is 5.95. The SMILES string of the molecule is Cc1n[nH]c(C)c1CN=C(N)N1CCOCC1.I. The van der Waals surface area contributed by atoms with E-state index in [1.54, 1.807) is 0 Å². The minimum atomic E-state index is 0. The van der Waals surface area contributed by atoms with Crippen LogP contribution in [0.3, 0.4) is 0 Å². The summed E-state index contributed by atoms with van der Waals surface area (Å²) in [6, 6.07) is 0. The molecule has 1 saturated heterocycles. The van der Waals surface area contributed by atoms with E-state index in [2.05, 4.69) is 15.2 Å². The van der Waals surface area contributed by atoms with Gasteiger partial charge in [0.25, 0.3) is 0 Å². The molecule has 0 bridgehead atoms. The maximum Gasteiger partial charge on any atom is 0.191 e. The average molecular weight is 365 g/mol. The first kappa shape index (κ1) is 15.2. The zero-order valence-electron chi connectivity index (χ0n) is 10.8. The summed E-state index contributed by atoms with van der Waals surface area (Å²) in [5, 5.41) is 7.08. The molecule has 0 spiro atoms. The fourth-order valence-electron chi connectivity index (χ4n) is 1.86. The third-order valence-electron chi connectivity index (χ3n) is 3.01. The number of H-pyrrole nitrogens is 1. The van der Waals surface area contributed by atoms with Crippen LogP contribution in [0, 0.1) is 13.8 Å². The molecule has 102 valence electrons. The van der Waals surface area contributed by atoms with Crippen molar-refractivity contribution in [3.05, 3.63) is 17.0 Å². The molecular formula is C11H20IN5O. The molecule has 0 amide bonds. The van der Waals surface area contributed by atoms with E-state index >= 15 is 0 Å². The van der Waals surface area contributed by atoms with Gasteiger partial charge >= 0.3 is 0 Å². The van der Waals surface area contributed by atoms with Crippen LogP contribution in [0.5, 0.6) is 0 Å². The molecule has 1 aliphatic rings. The second-order valence-electron chi connectivity index (χ2n) is 4.19. The molecule has 0 aliphatic carbocycles. The number of halogens is 1. The van der Waals surface area contributed by atoms with Crippen LogP contribution in [0.25, 0.3) is 0 Å². The zero-order chi connectivity index (χ0) is 12.3. The average Bonchev–Trinajstić information content (AvgIpc) is 2.67. The van der Waals surface area contributed by atoms with E-state index in [4.69, 9.17) is 10.5 Å². The van der Waals surface area contributed by atoms with Crippen molar-refractivity contribution in [3.63, 3.8) is 0 Å². The van der Waals surface area contributed by atoms with Crippen LogP contribution in [-0.4, -0.2) is 47.4 Å². The normalized spacial score (nSPS) is 16.6. The molecule has 1 aliphatic heterocycles. The Morgan fingerprint density at radius 1 is 1.44 bits per heavy atom. The topological polar surface area (TPSA) is 79.5 Å². The summed E-state index contributed by atoms with van der Waals surface area (Å²) in [6.45, 7) is 7.63. The van der Waals surface area contributed by atoms with Gasteiger partial charge in [-0.05, 0) is 13.8 Å². The van der Waals surface area contributed by atoms with Gasteiger partial charge in [0, 0.05) is 24.3 Å². The van der Waals surface area contributed by atoms with Gasteiger partial charge in [-0.2, -0.15) is 5.10 Å². The minimum absolute atomic E-state index is 0. The lowest BCUT2D eigenvalue weighted by molar-refractivity contribution is 0.0674. The number of aromatic nitrogens is 2. The van der Waals surface area contributed by atoms with Crippen LogP contribution < -0.4 is 5.73 Å². The summed E-state index contributed by atoms with van der Waals surface area (Å²) < 4.78 is 5.27. The highest BCUT2D eigenvalue weighted by molar-refractivity contribution is 14.0. The molecule has 0 saturated carbocycles. The van der Waals surface area contributed by atoms with Crippen LogP contribution in [0.4, 0.5) is 0 Å². The molecule has 1 aromatic heterocycles. The predicted octanol–water partition coefficient (Wildman–Crippen LogP) is 0.791. The van der Waals surface area contributed by atoms with E-state index in [0.29, 0.717) is 12.5 Å². The van der Waals surface area contributed by atoms with Crippen molar-refractivity contribution in [2.24, 2.45) is 10.7 Å². The van der Waals surface area contributed by atoms with Gasteiger partial charge in [0.2, 0.25) is 0 Å². The standard InChI is InChI=1S/C11H19N5O.HI/c1-8-10(9(2)15-14-8)7-13-11(12)16-3-5-17-6-4-16;/h3-7H2,1-2H3,(H2,12,13)(H,14,15);1H. The van der Waals surface area contributed by atoms with Crippen molar-refractivity contribution < 1.29 is 4.74 Å². The van der Waals surface area contributed by atoms with Crippen LogP contribution >= 0.6 is 24.0 Å². The zero-order valence-corrected chi connectivity index (χ0v) is 13.1. The first-order chi connectivity index (χ1) is 8.18. The number of nitrogens with two attached hydrogens (primary N) is 1. The monoisotopic (exact) mass is 365 g/mol. The van der Waals surface area contributed by atoms with Crippen molar-refractivity contribution in [1.82, 2.24) is 15.1 Å². The molecule has 7 heteroatoms. The number of rotatable bonds is 2. The maximum atomic E-state index is 5.95. The molecule has 0 atom stereocenters. The number of morpholine rings is 1. The largest absolute Gasteiger partial charge is 0.378 e. The number of aromatic amines is 1. The lowest BCUT2D eigenvalue weighted by Gasteiger charge is -2.27. The Morgan fingerprint density at radius 2 is 2.11 bits per heavy atom. The fourth-order valence-corrected chi connectivity index (χ4v) is 1.86. The van der Waals surface area contributed by atoms with Gasteiger partial charge in [-0.3, -0.25) is 5.10 Å². The van der Waals surface area contributed by atoms with Crippen molar-refractivity contribution in [2.45, 2.75) is 20.4 Å². The summed E-state index contributed by atoms with van der Waals surface area (Å²) in [5.41, 5.74) is 9.12. The van der Waals surface area contributed by atoms with E-state index in [1.807, 2.05) is 18.7 Å². The molecule has 3 N–H and O–H groups in total. The Balaban J connectivity index is 0.00000162. The van der Waals surface area contributed by atoms with Gasteiger partial charge in [-0.1, -0.05) is 0 Å². The Morgan fingerprint density at radius 3 is 2.67 bits per heavy atom. The smallest absolute Gasteiger partial charge is 0.191 e. The molecule has 6 nitrogen and oxygen atoms in total. The quantitative estimate of drug-likeness (QED) is 0.462. The summed E-state index contributed by atoms with van der Waals surface area (Å²) in [6.07, 6.45) is 0. The molecule has 0 radical (unpaired) electrons. The van der Waals surface area contributed by atoms with Crippen molar-refractivity contribution in [3.8, 4) is 0 Å². The molecule has 1 aromatic rings. The molecule has 18 heavy (non-hydrogen) atoms. The van der Waals surface area contributed by atoms with Crippen LogP contribution in [0.15, 0.2) is 4.99 Å². The second kappa shape index (κ2) is 6.93. The molecular weight excluding hydrogens is 345 g/mol. The molecule has 0 aromatic carbocycles. The number of aryl methyl sites for hydroxylation is 2. The van der Waals surface area contributed by atoms with Crippen molar-refractivity contribution in [1.29, 1.82) is 0 Å². The molecule has 0 unspecified atom stereocenters. The number of hydrogen-bond donors (Lipinski definition) is 2. The van der Waals surface area contributed by atoms with Crippen molar-refractivity contribution in [2.75, 3.05) is 26.3 Å².